The number of hydrogen-bond donors (Lipinski definition) is 0. The van der Waals surface area contributed by atoms with Gasteiger partial charge in [0, 0.05) is 18.4 Å². The van der Waals surface area contributed by atoms with Gasteiger partial charge in [-0.3, -0.25) is 9.59 Å². The minimum absolute atomic E-state index is 0.0582. The zero-order valence-corrected chi connectivity index (χ0v) is 16.0. The molecule has 0 saturated heterocycles. The van der Waals surface area contributed by atoms with Crippen LogP contribution in [0.4, 0.5) is 0 Å². The molecule has 136 valence electrons. The topological polar surface area (TPSA) is 34.1 Å². The predicted octanol–water partition coefficient (Wildman–Crippen LogP) is 5.14. The summed E-state index contributed by atoms with van der Waals surface area (Å²) in [5.74, 6) is 3.46. The molecule has 0 N–H and O–H groups in total. The molecule has 0 amide bonds. The van der Waals surface area contributed by atoms with Crippen LogP contribution >= 0.6 is 0 Å². The number of rotatable bonds is 2. The van der Waals surface area contributed by atoms with Crippen LogP contribution in [0.2, 0.25) is 0 Å². The van der Waals surface area contributed by atoms with Crippen molar-refractivity contribution in [1.29, 1.82) is 0 Å². The second-order valence-corrected chi connectivity index (χ2v) is 9.77. The molecule has 0 aliphatic heterocycles. The summed E-state index contributed by atoms with van der Waals surface area (Å²) in [6.45, 7) is 11.1. The lowest BCUT2D eigenvalue weighted by molar-refractivity contribution is -0.131. The molecule has 3 fully saturated rings. The molecule has 4 rings (SSSR count). The van der Waals surface area contributed by atoms with Crippen LogP contribution < -0.4 is 0 Å². The van der Waals surface area contributed by atoms with E-state index in [1.165, 1.54) is 25.7 Å². The van der Waals surface area contributed by atoms with Crippen LogP contribution in [0.3, 0.4) is 0 Å². The summed E-state index contributed by atoms with van der Waals surface area (Å²) >= 11 is 0. The number of fused-ring (bicyclic) bond motifs is 5. The maximum atomic E-state index is 13.0. The normalized spacial score (nSPS) is 47.4. The molecule has 2 nitrogen and oxygen atoms in total. The number of carbonyl (C=O) groups is 2. The minimum atomic E-state index is -0.0582. The van der Waals surface area contributed by atoms with Gasteiger partial charge < -0.3 is 0 Å². The fourth-order valence-electron chi connectivity index (χ4n) is 7.46. The maximum Gasteiger partial charge on any atom is 0.159 e. The quantitative estimate of drug-likeness (QED) is 0.653. The molecular weight excluding hydrogens is 308 g/mol. The number of ketones is 2. The van der Waals surface area contributed by atoms with Crippen molar-refractivity contribution in [2.45, 2.75) is 65.7 Å². The molecule has 4 aliphatic rings. The van der Waals surface area contributed by atoms with Crippen LogP contribution in [0.5, 0.6) is 0 Å². The molecule has 0 spiro atoms. The van der Waals surface area contributed by atoms with Gasteiger partial charge in [0.25, 0.3) is 0 Å². The Morgan fingerprint density at radius 3 is 2.64 bits per heavy atom. The van der Waals surface area contributed by atoms with E-state index in [0.717, 1.165) is 12.0 Å². The summed E-state index contributed by atoms with van der Waals surface area (Å²) < 4.78 is 0. The molecule has 0 heterocycles. The third-order valence-corrected chi connectivity index (χ3v) is 8.87. The average Bonchev–Trinajstić information content (AvgIpc) is 2.93. The molecule has 4 aliphatic carbocycles. The Bertz CT molecular complexity index is 659. The summed E-state index contributed by atoms with van der Waals surface area (Å²) in [4.78, 5) is 24.9. The fraction of sp³-hybridized carbons (Fsp3) is 0.739. The van der Waals surface area contributed by atoms with E-state index in [9.17, 15) is 9.59 Å². The summed E-state index contributed by atoms with van der Waals surface area (Å²) in [5.41, 5.74) is 1.16. The molecule has 7 atom stereocenters. The molecule has 3 saturated carbocycles. The first kappa shape index (κ1) is 17.2. The van der Waals surface area contributed by atoms with Gasteiger partial charge in [-0.25, -0.2) is 0 Å². The average molecular weight is 341 g/mol. The van der Waals surface area contributed by atoms with E-state index in [4.69, 9.17) is 0 Å². The van der Waals surface area contributed by atoms with Gasteiger partial charge in [0.1, 0.15) is 0 Å². The number of Topliss-reactive ketones (excluding diaryl/α,β-unsaturated/α-hetero) is 1. The first-order valence-corrected chi connectivity index (χ1v) is 10.2. The van der Waals surface area contributed by atoms with E-state index in [-0.39, 0.29) is 17.0 Å². The fourth-order valence-corrected chi connectivity index (χ4v) is 7.46. The van der Waals surface area contributed by atoms with Crippen molar-refractivity contribution >= 4 is 11.6 Å². The molecule has 2 heteroatoms. The van der Waals surface area contributed by atoms with Crippen molar-refractivity contribution in [1.82, 2.24) is 0 Å². The number of carbonyl (C=O) groups excluding carboxylic acids is 2. The minimum Gasteiger partial charge on any atom is -0.295 e. The Morgan fingerprint density at radius 2 is 1.92 bits per heavy atom. The molecule has 0 aromatic carbocycles. The van der Waals surface area contributed by atoms with Crippen molar-refractivity contribution in [3.05, 3.63) is 24.3 Å². The first-order valence-electron chi connectivity index (χ1n) is 10.2. The van der Waals surface area contributed by atoms with E-state index in [1.54, 1.807) is 6.08 Å². The van der Waals surface area contributed by atoms with E-state index in [1.807, 2.05) is 0 Å². The zero-order valence-electron chi connectivity index (χ0n) is 16.0. The second-order valence-electron chi connectivity index (χ2n) is 9.77. The summed E-state index contributed by atoms with van der Waals surface area (Å²) in [6, 6.07) is 0. The van der Waals surface area contributed by atoms with Crippen LogP contribution in [-0.4, -0.2) is 11.6 Å². The lowest BCUT2D eigenvalue weighted by Crippen LogP contribution is -2.53. The van der Waals surface area contributed by atoms with Gasteiger partial charge in [-0.1, -0.05) is 26.8 Å². The van der Waals surface area contributed by atoms with E-state index in [2.05, 4.69) is 33.4 Å². The lowest BCUT2D eigenvalue weighted by Gasteiger charge is -2.57. The number of allylic oxidation sites excluding steroid dienone is 2. The number of hydrogen-bond acceptors (Lipinski definition) is 2. The highest BCUT2D eigenvalue weighted by atomic mass is 16.1. The Morgan fingerprint density at radius 1 is 1.16 bits per heavy atom. The van der Waals surface area contributed by atoms with Gasteiger partial charge in [0.15, 0.2) is 11.6 Å². The highest BCUT2D eigenvalue weighted by Gasteiger charge is 2.60. The molecule has 0 unspecified atom stereocenters. The Labute approximate surface area is 152 Å². The summed E-state index contributed by atoms with van der Waals surface area (Å²) in [7, 11) is 0. The Hall–Kier alpha value is -1.18. The van der Waals surface area contributed by atoms with Crippen LogP contribution in [0.1, 0.15) is 65.7 Å². The molecule has 0 aromatic heterocycles. The maximum absolute atomic E-state index is 13.0. The van der Waals surface area contributed by atoms with Gasteiger partial charge in [0.2, 0.25) is 0 Å². The molecule has 0 aromatic rings. The summed E-state index contributed by atoms with van der Waals surface area (Å²) in [6.07, 6.45) is 11.0. The SMILES string of the molecule is C=C[C@@H](C)[C@H]1CC[C@H]2[C@@H]3CC(=O)C4=CC(=O)CC[C@]4(C)[C@H]3CC[C@]12C. The summed E-state index contributed by atoms with van der Waals surface area (Å²) in [5, 5.41) is 0. The van der Waals surface area contributed by atoms with Crippen LogP contribution in [0.15, 0.2) is 24.3 Å². The highest BCUT2D eigenvalue weighted by molar-refractivity contribution is 6.05. The smallest absolute Gasteiger partial charge is 0.159 e. The van der Waals surface area contributed by atoms with E-state index in [0.29, 0.717) is 47.8 Å². The third-order valence-electron chi connectivity index (χ3n) is 8.87. The Balaban J connectivity index is 1.70. The van der Waals surface area contributed by atoms with Crippen molar-refractivity contribution in [3.63, 3.8) is 0 Å². The zero-order chi connectivity index (χ0) is 18.0. The highest BCUT2D eigenvalue weighted by Crippen LogP contribution is 2.66. The van der Waals surface area contributed by atoms with Gasteiger partial charge in [0.05, 0.1) is 0 Å². The van der Waals surface area contributed by atoms with Crippen molar-refractivity contribution in [2.75, 3.05) is 0 Å². The largest absolute Gasteiger partial charge is 0.295 e. The van der Waals surface area contributed by atoms with E-state index >= 15 is 0 Å². The first-order chi connectivity index (χ1) is 11.8. The standard InChI is InChI=1S/C23H32O2/c1-5-14(2)17-6-7-18-16-13-21(25)20-12-15(24)8-10-23(20,4)19(16)9-11-22(17,18)3/h5,12,14,16-19H,1,6-11,13H2,2-4H3/t14-,16+,17-,18+,19+,22-,23-/m1/s1. The van der Waals surface area contributed by atoms with E-state index < -0.39 is 0 Å². The Kier molecular flexibility index (Phi) is 3.90. The molecular formula is C23H32O2. The van der Waals surface area contributed by atoms with Crippen LogP contribution in [-0.2, 0) is 9.59 Å². The molecule has 0 radical (unpaired) electrons. The third kappa shape index (κ3) is 2.28. The van der Waals surface area contributed by atoms with Gasteiger partial charge in [-0.2, -0.15) is 0 Å². The van der Waals surface area contributed by atoms with Gasteiger partial charge in [-0.05, 0) is 78.6 Å². The van der Waals surface area contributed by atoms with Crippen molar-refractivity contribution < 1.29 is 9.59 Å². The van der Waals surface area contributed by atoms with Crippen LogP contribution in [0.25, 0.3) is 0 Å². The predicted molar refractivity (Wildman–Crippen MR) is 100.0 cm³/mol. The van der Waals surface area contributed by atoms with Gasteiger partial charge in [-0.15, -0.1) is 6.58 Å². The lowest BCUT2D eigenvalue weighted by atomic mass is 9.46. The monoisotopic (exact) mass is 340 g/mol. The van der Waals surface area contributed by atoms with Gasteiger partial charge >= 0.3 is 0 Å². The molecule has 0 bridgehead atoms. The second kappa shape index (κ2) is 5.66. The van der Waals surface area contributed by atoms with Crippen molar-refractivity contribution in [3.8, 4) is 0 Å². The van der Waals surface area contributed by atoms with Crippen molar-refractivity contribution in [2.24, 2.45) is 40.4 Å². The van der Waals surface area contributed by atoms with Crippen LogP contribution in [0, 0.1) is 40.4 Å². The molecule has 25 heavy (non-hydrogen) atoms.